The van der Waals surface area contributed by atoms with Crippen LogP contribution in [0.3, 0.4) is 0 Å². The highest BCUT2D eigenvalue weighted by molar-refractivity contribution is 6.06. The van der Waals surface area contributed by atoms with Gasteiger partial charge in [0.25, 0.3) is 0 Å². The van der Waals surface area contributed by atoms with Crippen LogP contribution in [0.4, 0.5) is 0 Å². The van der Waals surface area contributed by atoms with Gasteiger partial charge in [0.15, 0.2) is 11.2 Å². The summed E-state index contributed by atoms with van der Waals surface area (Å²) in [7, 11) is 0. The number of phenolic OH excluding ortho intramolecular Hbond substituents is 1. The SMILES string of the molecule is CC(C)(C)c1ccc(-n2c(-c3cc(C(C)(C)C)cc(C(C)(C)C)c3O)nc3c(-c4cc(C(C)(C)C)cc(-c5nc6ccoc6c6ccoc56)n4)cccc32)cc1. The van der Waals surface area contributed by atoms with E-state index in [-0.39, 0.29) is 27.4 Å². The minimum atomic E-state index is -0.308. The predicted octanol–water partition coefficient (Wildman–Crippen LogP) is 13.2. The van der Waals surface area contributed by atoms with Gasteiger partial charge in [-0.1, -0.05) is 113 Å². The summed E-state index contributed by atoms with van der Waals surface area (Å²) in [6.07, 6.45) is 3.33. The van der Waals surface area contributed by atoms with Crippen molar-refractivity contribution in [1.29, 1.82) is 0 Å². The van der Waals surface area contributed by atoms with Crippen LogP contribution in [0.5, 0.6) is 5.75 Å². The summed E-state index contributed by atoms with van der Waals surface area (Å²) >= 11 is 0. The maximum absolute atomic E-state index is 12.2. The van der Waals surface area contributed by atoms with Crippen molar-refractivity contribution in [3.8, 4) is 45.5 Å². The fraction of sp³-hybridized carbons (Fsp3) is 0.327. The molecule has 5 heterocycles. The van der Waals surface area contributed by atoms with Crippen LogP contribution in [0.2, 0.25) is 0 Å². The molecule has 7 heteroatoms. The zero-order valence-electron chi connectivity index (χ0n) is 34.7. The van der Waals surface area contributed by atoms with Gasteiger partial charge in [0, 0.05) is 22.9 Å². The van der Waals surface area contributed by atoms with Crippen LogP contribution in [0.25, 0.3) is 72.8 Å². The van der Waals surface area contributed by atoms with E-state index in [9.17, 15) is 5.11 Å². The van der Waals surface area contributed by atoms with E-state index in [0.29, 0.717) is 33.9 Å². The van der Waals surface area contributed by atoms with Crippen LogP contribution in [0, 0.1) is 0 Å². The highest BCUT2D eigenvalue weighted by Crippen LogP contribution is 2.45. The number of rotatable bonds is 4. The third-order valence-corrected chi connectivity index (χ3v) is 10.9. The predicted molar refractivity (Wildman–Crippen MR) is 229 cm³/mol. The summed E-state index contributed by atoms with van der Waals surface area (Å²) in [5.74, 6) is 0.912. The summed E-state index contributed by atoms with van der Waals surface area (Å²) in [6, 6.07) is 27.3. The van der Waals surface area contributed by atoms with Gasteiger partial charge >= 0.3 is 0 Å². The van der Waals surface area contributed by atoms with Gasteiger partial charge in [0.2, 0.25) is 0 Å². The molecule has 1 N–H and O–H groups in total. The number of imidazole rings is 1. The van der Waals surface area contributed by atoms with Crippen molar-refractivity contribution in [3.63, 3.8) is 0 Å². The lowest BCUT2D eigenvalue weighted by molar-refractivity contribution is 0.446. The molecule has 0 saturated heterocycles. The number of pyridine rings is 2. The largest absolute Gasteiger partial charge is 0.507 e. The third-order valence-electron chi connectivity index (χ3n) is 10.9. The van der Waals surface area contributed by atoms with Gasteiger partial charge in [-0.05, 0) is 80.8 Å². The molecule has 7 nitrogen and oxygen atoms in total. The van der Waals surface area contributed by atoms with Crippen LogP contribution >= 0.6 is 0 Å². The molecule has 0 saturated carbocycles. The van der Waals surface area contributed by atoms with E-state index in [1.54, 1.807) is 12.5 Å². The third kappa shape index (κ3) is 6.37. The Labute approximate surface area is 329 Å². The summed E-state index contributed by atoms with van der Waals surface area (Å²) in [5, 5.41) is 13.1. The number of nitrogens with zero attached hydrogens (tertiary/aromatic N) is 4. The second kappa shape index (κ2) is 12.7. The number of benzene rings is 3. The van der Waals surface area contributed by atoms with E-state index in [4.69, 9.17) is 23.8 Å². The number of fused-ring (bicyclic) bond motifs is 4. The molecule has 8 rings (SSSR count). The van der Waals surface area contributed by atoms with Gasteiger partial charge in [0.1, 0.15) is 22.8 Å². The molecule has 0 aliphatic rings. The summed E-state index contributed by atoms with van der Waals surface area (Å²) in [4.78, 5) is 15.9. The zero-order chi connectivity index (χ0) is 40.1. The topological polar surface area (TPSA) is 90.1 Å². The lowest BCUT2D eigenvalue weighted by atomic mass is 9.79. The van der Waals surface area contributed by atoms with Crippen LogP contribution in [-0.4, -0.2) is 24.6 Å². The van der Waals surface area contributed by atoms with Crippen LogP contribution in [0.1, 0.15) is 105 Å². The van der Waals surface area contributed by atoms with Crippen molar-refractivity contribution < 1.29 is 13.9 Å². The van der Waals surface area contributed by atoms with Crippen molar-refractivity contribution in [2.24, 2.45) is 0 Å². The molecule has 0 fully saturated rings. The zero-order valence-corrected chi connectivity index (χ0v) is 34.7. The summed E-state index contributed by atoms with van der Waals surface area (Å²) in [6.45, 7) is 26.4. The molecule has 0 atom stereocenters. The van der Waals surface area contributed by atoms with E-state index >= 15 is 0 Å². The minimum absolute atomic E-state index is 0.00781. The molecule has 0 aliphatic carbocycles. The second-order valence-electron chi connectivity index (χ2n) is 19.3. The van der Waals surface area contributed by atoms with E-state index in [1.165, 1.54) is 5.56 Å². The molecule has 0 aliphatic heterocycles. The average Bonchev–Trinajstić information content (AvgIpc) is 3.88. The first-order chi connectivity index (χ1) is 26.2. The lowest BCUT2D eigenvalue weighted by Gasteiger charge is -2.27. The second-order valence-corrected chi connectivity index (χ2v) is 19.3. The van der Waals surface area contributed by atoms with Gasteiger partial charge in [-0.25, -0.2) is 15.0 Å². The van der Waals surface area contributed by atoms with E-state index < -0.39 is 0 Å². The Balaban J connectivity index is 1.44. The molecule has 0 bridgehead atoms. The minimum Gasteiger partial charge on any atom is -0.507 e. The van der Waals surface area contributed by atoms with Crippen molar-refractivity contribution in [1.82, 2.24) is 19.5 Å². The quantitative estimate of drug-likeness (QED) is 0.193. The Kier molecular flexibility index (Phi) is 8.43. The number of aromatic nitrogens is 4. The Morgan fingerprint density at radius 2 is 1.18 bits per heavy atom. The normalized spacial score (nSPS) is 13.1. The number of aromatic hydroxyl groups is 1. The molecule has 8 aromatic rings. The van der Waals surface area contributed by atoms with Crippen LogP contribution in [0.15, 0.2) is 100 Å². The molecule has 5 aromatic heterocycles. The van der Waals surface area contributed by atoms with Gasteiger partial charge in [-0.15, -0.1) is 0 Å². The number of furan rings is 2. The maximum Gasteiger partial charge on any atom is 0.165 e. The Bertz CT molecular complexity index is 2790. The number of hydrogen-bond acceptors (Lipinski definition) is 6. The van der Waals surface area contributed by atoms with Gasteiger partial charge in [-0.2, -0.15) is 0 Å². The van der Waals surface area contributed by atoms with E-state index in [0.717, 1.165) is 55.6 Å². The molecule has 3 aromatic carbocycles. The first kappa shape index (κ1) is 37.2. The number of hydrogen-bond donors (Lipinski definition) is 1. The smallest absolute Gasteiger partial charge is 0.165 e. The summed E-state index contributed by atoms with van der Waals surface area (Å²) < 4.78 is 14.0. The average molecular weight is 745 g/mol. The number of phenols is 1. The van der Waals surface area contributed by atoms with Crippen molar-refractivity contribution in [2.45, 2.75) is 105 Å². The Morgan fingerprint density at radius 3 is 1.84 bits per heavy atom. The molecule has 0 amide bonds. The molecular weight excluding hydrogens is 693 g/mol. The highest BCUT2D eigenvalue weighted by atomic mass is 16.3. The molecule has 0 spiro atoms. The maximum atomic E-state index is 12.2. The van der Waals surface area contributed by atoms with Gasteiger partial charge in [0.05, 0.1) is 45.9 Å². The van der Waals surface area contributed by atoms with E-state index in [1.807, 2.05) is 12.1 Å². The van der Waals surface area contributed by atoms with Gasteiger partial charge < -0.3 is 13.9 Å². The first-order valence-corrected chi connectivity index (χ1v) is 19.5. The van der Waals surface area contributed by atoms with Crippen molar-refractivity contribution in [3.05, 3.63) is 114 Å². The van der Waals surface area contributed by atoms with Crippen LogP contribution in [-0.2, 0) is 21.7 Å². The monoisotopic (exact) mass is 744 g/mol. The Hall–Kier alpha value is -5.69. The van der Waals surface area contributed by atoms with Crippen molar-refractivity contribution >= 4 is 33.1 Å². The summed E-state index contributed by atoms with van der Waals surface area (Å²) in [5.41, 5.74) is 12.1. The first-order valence-electron chi connectivity index (χ1n) is 19.5. The number of para-hydroxylation sites is 1. The Morgan fingerprint density at radius 1 is 0.554 bits per heavy atom. The highest BCUT2D eigenvalue weighted by Gasteiger charge is 2.29. The molecular formula is C49H52N4O3. The molecule has 286 valence electrons. The fourth-order valence-electron chi connectivity index (χ4n) is 7.50. The molecule has 56 heavy (non-hydrogen) atoms. The van der Waals surface area contributed by atoms with Gasteiger partial charge in [-0.3, -0.25) is 4.57 Å². The van der Waals surface area contributed by atoms with Crippen LogP contribution < -0.4 is 0 Å². The molecule has 0 radical (unpaired) electrons. The standard InChI is InChI=1S/C49H52N4O3/c1-46(2,3)28-16-18-31(19-17-28)53-39-15-13-14-32(40(39)52-45(53)34-24-29(47(4,5)6)25-35(42(34)54)49(10,11)12)37-26-30(48(7,8)9)27-38(50-37)41-44-33(20-22-56-44)43-36(51-41)21-23-55-43/h13-27,54H,1-12H3. The molecule has 0 unspecified atom stereocenters. The fourth-order valence-corrected chi connectivity index (χ4v) is 7.50. The lowest BCUT2D eigenvalue weighted by Crippen LogP contribution is -2.17. The van der Waals surface area contributed by atoms with Crippen molar-refractivity contribution in [2.75, 3.05) is 0 Å². The van der Waals surface area contributed by atoms with E-state index in [2.05, 4.69) is 154 Å².